The Kier molecular flexibility index (Phi) is 4.66. The maximum atomic E-state index is 10.2. The average molecular weight is 204 g/mol. The van der Waals surface area contributed by atoms with Gasteiger partial charge in [0.2, 0.25) is 0 Å². The maximum Gasteiger partial charge on any atom is 0.411 e. The summed E-state index contributed by atoms with van der Waals surface area (Å²) in [7, 11) is 0. The third-order valence-corrected chi connectivity index (χ3v) is 1.63. The third kappa shape index (κ3) is 4.61. The van der Waals surface area contributed by atoms with Crippen molar-refractivity contribution < 1.29 is 9.90 Å². The lowest BCUT2D eigenvalue weighted by Gasteiger charge is -2.12. The Morgan fingerprint density at radius 3 is 2.20 bits per heavy atom. The van der Waals surface area contributed by atoms with Crippen molar-refractivity contribution in [3.8, 4) is 0 Å². The molecular formula is C11H12N2O2. The van der Waals surface area contributed by atoms with E-state index in [9.17, 15) is 4.79 Å². The van der Waals surface area contributed by atoms with Gasteiger partial charge in [-0.3, -0.25) is 9.88 Å². The third-order valence-electron chi connectivity index (χ3n) is 1.63. The van der Waals surface area contributed by atoms with Crippen LogP contribution in [0.4, 0.5) is 4.79 Å². The van der Waals surface area contributed by atoms with Crippen molar-refractivity contribution >= 4 is 6.09 Å². The van der Waals surface area contributed by atoms with E-state index in [4.69, 9.17) is 5.11 Å². The van der Waals surface area contributed by atoms with Gasteiger partial charge in [0.05, 0.1) is 0 Å². The molecule has 15 heavy (non-hydrogen) atoms. The van der Waals surface area contributed by atoms with Crippen molar-refractivity contribution in [2.24, 2.45) is 0 Å². The van der Waals surface area contributed by atoms with Crippen LogP contribution in [0.15, 0.2) is 55.0 Å². The van der Waals surface area contributed by atoms with Crippen molar-refractivity contribution in [2.75, 3.05) is 6.54 Å². The average Bonchev–Trinajstić information content (AvgIpc) is 2.33. The molecule has 1 aromatic heterocycles. The minimum absolute atomic E-state index is 0.464. The van der Waals surface area contributed by atoms with Crippen LogP contribution in [0.2, 0.25) is 0 Å². The number of rotatable bonds is 0. The molecule has 1 amide bonds. The van der Waals surface area contributed by atoms with Crippen LogP contribution >= 0.6 is 0 Å². The summed E-state index contributed by atoms with van der Waals surface area (Å²) < 4.78 is 0. The summed E-state index contributed by atoms with van der Waals surface area (Å²) in [5.74, 6) is 0. The van der Waals surface area contributed by atoms with Crippen LogP contribution in [-0.2, 0) is 0 Å². The smallest absolute Gasteiger partial charge is 0.411 e. The van der Waals surface area contributed by atoms with Crippen LogP contribution in [0.5, 0.6) is 0 Å². The monoisotopic (exact) mass is 204 g/mol. The zero-order valence-corrected chi connectivity index (χ0v) is 8.15. The predicted molar refractivity (Wildman–Crippen MR) is 57.2 cm³/mol. The molecule has 0 unspecified atom stereocenters. The van der Waals surface area contributed by atoms with Gasteiger partial charge < -0.3 is 5.11 Å². The number of nitrogens with zero attached hydrogens (tertiary/aromatic N) is 2. The van der Waals surface area contributed by atoms with Gasteiger partial charge >= 0.3 is 6.09 Å². The Hall–Kier alpha value is -2.10. The Morgan fingerprint density at radius 1 is 1.20 bits per heavy atom. The lowest BCUT2D eigenvalue weighted by molar-refractivity contribution is 0.166. The standard InChI is InChI=1S/C6H7NO2.C5H5N/c8-6(9)7-4-2-1-3-5-7;1-2-4-6-5-3-1/h1-4H,5H2,(H,8,9);1-5H. The molecular weight excluding hydrogens is 192 g/mol. The minimum atomic E-state index is -0.907. The van der Waals surface area contributed by atoms with E-state index in [2.05, 4.69) is 4.98 Å². The number of aromatic nitrogens is 1. The minimum Gasteiger partial charge on any atom is -0.465 e. The van der Waals surface area contributed by atoms with E-state index in [1.165, 1.54) is 11.1 Å². The molecule has 0 aliphatic carbocycles. The van der Waals surface area contributed by atoms with E-state index in [1.54, 1.807) is 24.5 Å². The lowest BCUT2D eigenvalue weighted by atomic mass is 10.4. The predicted octanol–water partition coefficient (Wildman–Crippen LogP) is 2.13. The highest BCUT2D eigenvalue weighted by Gasteiger charge is 2.05. The summed E-state index contributed by atoms with van der Waals surface area (Å²) in [4.78, 5) is 15.2. The topological polar surface area (TPSA) is 53.4 Å². The van der Waals surface area contributed by atoms with Gasteiger partial charge in [0, 0.05) is 25.1 Å². The van der Waals surface area contributed by atoms with Gasteiger partial charge in [0.1, 0.15) is 0 Å². The number of carbonyl (C=O) groups is 1. The zero-order valence-electron chi connectivity index (χ0n) is 8.15. The van der Waals surface area contributed by atoms with E-state index >= 15 is 0 Å². The second kappa shape index (κ2) is 6.37. The number of carboxylic acid groups (broad SMARTS) is 1. The summed E-state index contributed by atoms with van der Waals surface area (Å²) in [6.07, 6.45) is 9.42. The number of allylic oxidation sites excluding steroid dienone is 2. The highest BCUT2D eigenvalue weighted by molar-refractivity contribution is 5.66. The van der Waals surface area contributed by atoms with Crippen LogP contribution < -0.4 is 0 Å². The van der Waals surface area contributed by atoms with Gasteiger partial charge in [-0.25, -0.2) is 4.79 Å². The Morgan fingerprint density at radius 2 is 1.93 bits per heavy atom. The molecule has 0 aromatic carbocycles. The maximum absolute atomic E-state index is 10.2. The first-order valence-corrected chi connectivity index (χ1v) is 4.48. The quantitative estimate of drug-likeness (QED) is 0.704. The van der Waals surface area contributed by atoms with Gasteiger partial charge in [-0.2, -0.15) is 0 Å². The van der Waals surface area contributed by atoms with Crippen molar-refractivity contribution in [1.29, 1.82) is 0 Å². The van der Waals surface area contributed by atoms with Crippen molar-refractivity contribution in [2.45, 2.75) is 0 Å². The molecule has 4 heteroatoms. The fourth-order valence-electron chi connectivity index (χ4n) is 0.922. The molecule has 1 N–H and O–H groups in total. The van der Waals surface area contributed by atoms with E-state index in [0.29, 0.717) is 6.54 Å². The SMILES string of the molecule is O=C(O)N1C=CC=CC1.c1ccncc1. The second-order valence-electron chi connectivity index (χ2n) is 2.73. The van der Waals surface area contributed by atoms with E-state index in [-0.39, 0.29) is 0 Å². The Labute approximate surface area is 88.2 Å². The lowest BCUT2D eigenvalue weighted by Crippen LogP contribution is -2.24. The molecule has 0 spiro atoms. The van der Waals surface area contributed by atoms with Gasteiger partial charge in [-0.05, 0) is 18.2 Å². The van der Waals surface area contributed by atoms with Gasteiger partial charge in [0.25, 0.3) is 0 Å². The van der Waals surface area contributed by atoms with E-state index in [1.807, 2.05) is 24.3 Å². The molecule has 0 saturated heterocycles. The first-order valence-electron chi connectivity index (χ1n) is 4.48. The van der Waals surface area contributed by atoms with Crippen LogP contribution in [-0.4, -0.2) is 27.6 Å². The van der Waals surface area contributed by atoms with Gasteiger partial charge in [0.15, 0.2) is 0 Å². The summed E-state index contributed by atoms with van der Waals surface area (Å²) in [6.45, 7) is 0.464. The summed E-state index contributed by atoms with van der Waals surface area (Å²) in [5.41, 5.74) is 0. The van der Waals surface area contributed by atoms with Crippen molar-refractivity contribution in [3.63, 3.8) is 0 Å². The summed E-state index contributed by atoms with van der Waals surface area (Å²) >= 11 is 0. The van der Waals surface area contributed by atoms with Crippen LogP contribution in [0.25, 0.3) is 0 Å². The molecule has 0 atom stereocenters. The first kappa shape index (κ1) is 11.0. The molecule has 0 fully saturated rings. The normalized spacial score (nSPS) is 12.9. The van der Waals surface area contributed by atoms with Crippen molar-refractivity contribution in [3.05, 3.63) is 55.0 Å². The van der Waals surface area contributed by atoms with Crippen LogP contribution in [0.1, 0.15) is 0 Å². The summed E-state index contributed by atoms with van der Waals surface area (Å²) in [6, 6.07) is 5.72. The largest absolute Gasteiger partial charge is 0.465 e. The van der Waals surface area contributed by atoms with E-state index in [0.717, 1.165) is 0 Å². The van der Waals surface area contributed by atoms with E-state index < -0.39 is 6.09 Å². The first-order chi connectivity index (χ1) is 7.30. The second-order valence-corrected chi connectivity index (χ2v) is 2.73. The molecule has 2 rings (SSSR count). The molecule has 0 bridgehead atoms. The fourth-order valence-corrected chi connectivity index (χ4v) is 0.922. The summed E-state index contributed by atoms with van der Waals surface area (Å²) in [5, 5.41) is 8.38. The van der Waals surface area contributed by atoms with Gasteiger partial charge in [-0.15, -0.1) is 0 Å². The highest BCUT2D eigenvalue weighted by atomic mass is 16.4. The van der Waals surface area contributed by atoms with Crippen LogP contribution in [0, 0.1) is 0 Å². The molecule has 1 aliphatic heterocycles. The molecule has 4 nitrogen and oxygen atoms in total. The zero-order chi connectivity index (χ0) is 10.9. The van der Waals surface area contributed by atoms with Gasteiger partial charge in [-0.1, -0.05) is 18.2 Å². The molecule has 1 aromatic rings. The number of pyridine rings is 1. The molecule has 0 radical (unpaired) electrons. The molecule has 1 aliphatic rings. The molecule has 2 heterocycles. The van der Waals surface area contributed by atoms with Crippen molar-refractivity contribution in [1.82, 2.24) is 9.88 Å². The highest BCUT2D eigenvalue weighted by Crippen LogP contribution is 1.97. The Balaban J connectivity index is 0.000000162. The molecule has 78 valence electrons. The van der Waals surface area contributed by atoms with Crippen LogP contribution in [0.3, 0.4) is 0 Å². The Bertz CT molecular complexity index is 320. The number of hydrogen-bond donors (Lipinski definition) is 1. The molecule has 0 saturated carbocycles. The number of amides is 1. The number of hydrogen-bond acceptors (Lipinski definition) is 2. The fraction of sp³-hybridized carbons (Fsp3) is 0.0909.